The summed E-state index contributed by atoms with van der Waals surface area (Å²) in [4.78, 5) is 12.5. The molecule has 2 aromatic carbocycles. The maximum absolute atomic E-state index is 12.5. The van der Waals surface area contributed by atoms with Crippen LogP contribution in [0.4, 0.5) is 0 Å². The number of ether oxygens (including phenoxy) is 2. The maximum Gasteiger partial charge on any atom is 0.231 e. The maximum atomic E-state index is 12.5. The van der Waals surface area contributed by atoms with Gasteiger partial charge in [0.05, 0.1) is 12.1 Å². The van der Waals surface area contributed by atoms with Gasteiger partial charge in [-0.3, -0.25) is 4.79 Å². The average molecular weight is 339 g/mol. The molecule has 1 amide bonds. The van der Waals surface area contributed by atoms with Gasteiger partial charge in [-0.1, -0.05) is 36.4 Å². The molecular formula is C20H21NO4. The summed E-state index contributed by atoms with van der Waals surface area (Å²) in [6.07, 6.45) is 0.0650. The Bertz CT molecular complexity index is 777. The van der Waals surface area contributed by atoms with Crippen molar-refractivity contribution in [1.82, 2.24) is 5.32 Å². The van der Waals surface area contributed by atoms with Crippen LogP contribution in [-0.2, 0) is 4.79 Å². The van der Waals surface area contributed by atoms with Gasteiger partial charge in [0.25, 0.3) is 0 Å². The van der Waals surface area contributed by atoms with E-state index in [4.69, 9.17) is 9.47 Å². The molecule has 0 radical (unpaired) electrons. The summed E-state index contributed by atoms with van der Waals surface area (Å²) in [7, 11) is 0. The minimum absolute atomic E-state index is 0.00106. The van der Waals surface area contributed by atoms with E-state index in [-0.39, 0.29) is 30.6 Å². The third-order valence-corrected chi connectivity index (χ3v) is 4.94. The predicted molar refractivity (Wildman–Crippen MR) is 92.4 cm³/mol. The zero-order valence-electron chi connectivity index (χ0n) is 14.0. The van der Waals surface area contributed by atoms with Gasteiger partial charge in [-0.2, -0.15) is 0 Å². The van der Waals surface area contributed by atoms with Crippen molar-refractivity contribution in [3.8, 4) is 11.5 Å². The molecule has 1 heterocycles. The zero-order chi connectivity index (χ0) is 17.4. The highest BCUT2D eigenvalue weighted by Gasteiger charge is 2.44. The van der Waals surface area contributed by atoms with Crippen molar-refractivity contribution in [2.45, 2.75) is 31.4 Å². The van der Waals surface area contributed by atoms with E-state index in [1.807, 2.05) is 25.1 Å². The van der Waals surface area contributed by atoms with Gasteiger partial charge in [0.1, 0.15) is 0 Å². The number of aliphatic hydroxyl groups excluding tert-OH is 1. The monoisotopic (exact) mass is 339 g/mol. The Hall–Kier alpha value is -2.53. The highest BCUT2D eigenvalue weighted by molar-refractivity contribution is 5.83. The Morgan fingerprint density at radius 1 is 1.16 bits per heavy atom. The van der Waals surface area contributed by atoms with Crippen molar-refractivity contribution in [1.29, 1.82) is 0 Å². The van der Waals surface area contributed by atoms with Gasteiger partial charge in [0.15, 0.2) is 11.5 Å². The predicted octanol–water partition coefficient (Wildman–Crippen LogP) is 2.76. The van der Waals surface area contributed by atoms with Crippen LogP contribution >= 0.6 is 0 Å². The summed E-state index contributed by atoms with van der Waals surface area (Å²) in [6, 6.07) is 15.0. The van der Waals surface area contributed by atoms with Crippen molar-refractivity contribution < 1.29 is 19.4 Å². The number of rotatable bonds is 5. The molecule has 2 N–H and O–H groups in total. The second kappa shape index (κ2) is 6.41. The first-order chi connectivity index (χ1) is 12.1. The largest absolute Gasteiger partial charge is 0.454 e. The Kier molecular flexibility index (Phi) is 4.09. The molecule has 2 aromatic rings. The minimum Gasteiger partial charge on any atom is -0.454 e. The van der Waals surface area contributed by atoms with Crippen molar-refractivity contribution in [2.75, 3.05) is 6.79 Å². The number of benzene rings is 2. The number of carbonyl (C=O) groups excluding carboxylic acids is 1. The number of nitrogens with one attached hydrogen (secondary N) is 1. The summed E-state index contributed by atoms with van der Waals surface area (Å²) < 4.78 is 10.6. The Morgan fingerprint density at radius 3 is 2.72 bits per heavy atom. The fraction of sp³-hybridized carbons (Fsp3) is 0.350. The Morgan fingerprint density at radius 2 is 1.92 bits per heavy atom. The molecule has 1 saturated carbocycles. The van der Waals surface area contributed by atoms with Crippen molar-refractivity contribution >= 4 is 5.91 Å². The van der Waals surface area contributed by atoms with E-state index >= 15 is 0 Å². The lowest BCUT2D eigenvalue weighted by Gasteiger charge is -2.21. The molecular weight excluding hydrogens is 318 g/mol. The molecule has 0 spiro atoms. The lowest BCUT2D eigenvalue weighted by Crippen LogP contribution is -2.38. The number of amides is 1. The van der Waals surface area contributed by atoms with E-state index in [1.54, 1.807) is 18.2 Å². The number of fused-ring (bicyclic) bond motifs is 1. The number of hydrogen-bond acceptors (Lipinski definition) is 4. The van der Waals surface area contributed by atoms with Gasteiger partial charge in [0.2, 0.25) is 12.7 Å². The first kappa shape index (κ1) is 16.0. The number of aliphatic hydroxyl groups is 1. The van der Waals surface area contributed by atoms with Gasteiger partial charge in [-0.05, 0) is 42.5 Å². The summed E-state index contributed by atoms with van der Waals surface area (Å²) >= 11 is 0. The summed E-state index contributed by atoms with van der Waals surface area (Å²) in [5.41, 5.74) is 1.90. The fourth-order valence-corrected chi connectivity index (χ4v) is 3.35. The number of hydrogen-bond donors (Lipinski definition) is 2. The molecule has 0 unspecified atom stereocenters. The van der Waals surface area contributed by atoms with E-state index in [0.717, 1.165) is 6.42 Å². The van der Waals surface area contributed by atoms with Crippen LogP contribution in [0.1, 0.15) is 36.5 Å². The van der Waals surface area contributed by atoms with Gasteiger partial charge >= 0.3 is 0 Å². The topological polar surface area (TPSA) is 67.8 Å². The van der Waals surface area contributed by atoms with Crippen LogP contribution in [0.3, 0.4) is 0 Å². The summed E-state index contributed by atoms with van der Waals surface area (Å²) in [6.45, 7) is 2.01. The lowest BCUT2D eigenvalue weighted by molar-refractivity contribution is -0.123. The molecule has 4 atom stereocenters. The second-order valence-electron chi connectivity index (χ2n) is 6.71. The van der Waals surface area contributed by atoms with E-state index in [1.165, 1.54) is 5.56 Å². The van der Waals surface area contributed by atoms with E-state index in [2.05, 4.69) is 17.4 Å². The molecule has 0 aromatic heterocycles. The smallest absolute Gasteiger partial charge is 0.231 e. The minimum atomic E-state index is -0.799. The van der Waals surface area contributed by atoms with E-state index < -0.39 is 6.10 Å². The highest BCUT2D eigenvalue weighted by Crippen LogP contribution is 2.47. The third-order valence-electron chi connectivity index (χ3n) is 4.94. The molecule has 4 rings (SSSR count). The fourth-order valence-electron chi connectivity index (χ4n) is 3.35. The standard InChI is InChI=1S/C20H21NO4/c1-12(19(22)14-7-8-17-18(9-14)25-11-24-17)21-20(23)16-10-15(16)13-5-3-2-4-6-13/h2-9,12,15-16,19,22H,10-11H2,1H3,(H,21,23)/t12-,15-,16-,19-/m0/s1. The lowest BCUT2D eigenvalue weighted by atomic mass is 10.0. The van der Waals surface area contributed by atoms with Gasteiger partial charge in [-0.25, -0.2) is 0 Å². The molecule has 130 valence electrons. The molecule has 25 heavy (non-hydrogen) atoms. The van der Waals surface area contributed by atoms with Crippen LogP contribution in [0.15, 0.2) is 48.5 Å². The molecule has 2 aliphatic rings. The second-order valence-corrected chi connectivity index (χ2v) is 6.71. The normalized spacial score (nSPS) is 23.0. The average Bonchev–Trinajstić information content (AvgIpc) is 3.31. The van der Waals surface area contributed by atoms with Crippen molar-refractivity contribution in [3.05, 3.63) is 59.7 Å². The molecule has 0 bridgehead atoms. The highest BCUT2D eigenvalue weighted by atomic mass is 16.7. The first-order valence-corrected chi connectivity index (χ1v) is 8.56. The molecule has 1 fully saturated rings. The first-order valence-electron chi connectivity index (χ1n) is 8.56. The third kappa shape index (κ3) is 3.20. The van der Waals surface area contributed by atoms with Gasteiger partial charge in [-0.15, -0.1) is 0 Å². The van der Waals surface area contributed by atoms with E-state index in [0.29, 0.717) is 17.1 Å². The molecule has 5 nitrogen and oxygen atoms in total. The van der Waals surface area contributed by atoms with Gasteiger partial charge in [0, 0.05) is 5.92 Å². The van der Waals surface area contributed by atoms with Crippen LogP contribution < -0.4 is 14.8 Å². The Labute approximate surface area is 146 Å². The van der Waals surface area contributed by atoms with Crippen LogP contribution in [0.2, 0.25) is 0 Å². The molecule has 1 aliphatic heterocycles. The number of carbonyl (C=O) groups is 1. The summed E-state index contributed by atoms with van der Waals surface area (Å²) in [5.74, 6) is 1.59. The molecule has 1 aliphatic carbocycles. The quantitative estimate of drug-likeness (QED) is 0.879. The van der Waals surface area contributed by atoms with Crippen LogP contribution in [0, 0.1) is 5.92 Å². The van der Waals surface area contributed by atoms with Crippen LogP contribution in [0.5, 0.6) is 11.5 Å². The van der Waals surface area contributed by atoms with Crippen molar-refractivity contribution in [3.63, 3.8) is 0 Å². The van der Waals surface area contributed by atoms with Crippen LogP contribution in [0.25, 0.3) is 0 Å². The zero-order valence-corrected chi connectivity index (χ0v) is 14.0. The van der Waals surface area contributed by atoms with Gasteiger partial charge < -0.3 is 19.9 Å². The molecule has 5 heteroatoms. The van der Waals surface area contributed by atoms with E-state index in [9.17, 15) is 9.90 Å². The Balaban J connectivity index is 1.37. The van der Waals surface area contributed by atoms with Crippen LogP contribution in [-0.4, -0.2) is 23.8 Å². The molecule has 0 saturated heterocycles. The SMILES string of the molecule is C[C@H](NC(=O)[C@H]1C[C@H]1c1ccccc1)[C@H](O)c1ccc2c(c1)OCO2. The van der Waals surface area contributed by atoms with Crippen molar-refractivity contribution in [2.24, 2.45) is 5.92 Å². The summed E-state index contributed by atoms with van der Waals surface area (Å²) in [5, 5.41) is 13.5.